The molecular weight excluding hydrogens is 335 g/mol. The average Bonchev–Trinajstić information content (AvgIpc) is 3.02. The first kappa shape index (κ1) is 19.4. The fourth-order valence-corrected chi connectivity index (χ4v) is 3.03. The molecule has 0 aliphatic carbocycles. The maximum Gasteiger partial charge on any atom is 0.228 e. The highest BCUT2D eigenvalue weighted by atomic mass is 19.1. The van der Waals surface area contributed by atoms with Gasteiger partial charge in [0.15, 0.2) is 0 Å². The molecule has 1 fully saturated rings. The maximum atomic E-state index is 12.9. The minimum absolute atomic E-state index is 0.0778. The van der Waals surface area contributed by atoms with E-state index < -0.39 is 5.92 Å². The van der Waals surface area contributed by atoms with Crippen molar-refractivity contribution in [3.63, 3.8) is 0 Å². The molecule has 0 radical (unpaired) electrons. The van der Waals surface area contributed by atoms with Gasteiger partial charge in [0, 0.05) is 32.6 Å². The van der Waals surface area contributed by atoms with Gasteiger partial charge in [0.2, 0.25) is 11.8 Å². The van der Waals surface area contributed by atoms with Crippen molar-refractivity contribution in [2.24, 2.45) is 5.92 Å². The normalized spacial score (nSPS) is 16.2. The van der Waals surface area contributed by atoms with Gasteiger partial charge in [-0.05, 0) is 24.1 Å². The molecule has 7 heteroatoms. The highest BCUT2D eigenvalue weighted by Gasteiger charge is 2.36. The number of benzene rings is 1. The number of rotatable bonds is 8. The molecule has 1 atom stereocenters. The minimum Gasteiger partial charge on any atom is -0.342 e. The van der Waals surface area contributed by atoms with E-state index in [0.717, 1.165) is 5.56 Å². The Bertz CT molecular complexity index is 703. The van der Waals surface area contributed by atoms with Gasteiger partial charge in [-0.15, -0.1) is 0 Å². The van der Waals surface area contributed by atoms with Crippen LogP contribution in [0.5, 0.6) is 0 Å². The number of nitrogens with zero attached hydrogens (tertiary/aromatic N) is 4. The van der Waals surface area contributed by atoms with Gasteiger partial charge in [0.25, 0.3) is 0 Å². The van der Waals surface area contributed by atoms with Crippen LogP contribution in [0.3, 0.4) is 0 Å². The Balaban J connectivity index is 1.91. The molecule has 0 bridgehead atoms. The first-order chi connectivity index (χ1) is 12.5. The van der Waals surface area contributed by atoms with E-state index in [1.807, 2.05) is 12.1 Å². The summed E-state index contributed by atoms with van der Waals surface area (Å²) < 4.78 is 12.9. The van der Waals surface area contributed by atoms with Crippen LogP contribution in [0.4, 0.5) is 4.39 Å². The van der Waals surface area contributed by atoms with E-state index in [0.29, 0.717) is 19.5 Å². The zero-order valence-corrected chi connectivity index (χ0v) is 14.5. The lowest BCUT2D eigenvalue weighted by Gasteiger charge is -2.24. The third-order valence-corrected chi connectivity index (χ3v) is 4.45. The quantitative estimate of drug-likeness (QED) is 0.711. The third kappa shape index (κ3) is 5.29. The Hall–Kier alpha value is -2.93. The van der Waals surface area contributed by atoms with E-state index in [4.69, 9.17) is 10.5 Å². The molecule has 1 aromatic rings. The zero-order valence-electron chi connectivity index (χ0n) is 14.5. The number of hydrogen-bond acceptors (Lipinski definition) is 4. The standard InChI is InChI=1S/C19H21FN4O2/c20-17-5-3-15(4-6-17)7-12-24-14-16(13-18(24)25)19(26)23(10-1-8-21)11-2-9-22/h3-6,16H,1-2,7,10-14H2/t16-/m0/s1. The van der Waals surface area contributed by atoms with E-state index >= 15 is 0 Å². The molecule has 1 aliphatic heterocycles. The van der Waals surface area contributed by atoms with Gasteiger partial charge >= 0.3 is 0 Å². The molecule has 1 heterocycles. The highest BCUT2D eigenvalue weighted by molar-refractivity contribution is 5.89. The van der Waals surface area contributed by atoms with Gasteiger partial charge < -0.3 is 9.80 Å². The largest absolute Gasteiger partial charge is 0.342 e. The number of amides is 2. The summed E-state index contributed by atoms with van der Waals surface area (Å²) in [6.07, 6.45) is 1.15. The Morgan fingerprint density at radius 1 is 1.19 bits per heavy atom. The molecule has 0 saturated carbocycles. The van der Waals surface area contributed by atoms with Crippen LogP contribution in [-0.4, -0.2) is 47.8 Å². The third-order valence-electron chi connectivity index (χ3n) is 4.45. The van der Waals surface area contributed by atoms with Crippen LogP contribution < -0.4 is 0 Å². The van der Waals surface area contributed by atoms with Crippen molar-refractivity contribution in [2.75, 3.05) is 26.2 Å². The van der Waals surface area contributed by atoms with Crippen LogP contribution in [0.2, 0.25) is 0 Å². The van der Waals surface area contributed by atoms with E-state index in [1.54, 1.807) is 17.0 Å². The van der Waals surface area contributed by atoms with Gasteiger partial charge in [-0.25, -0.2) is 4.39 Å². The van der Waals surface area contributed by atoms with Crippen molar-refractivity contribution >= 4 is 11.8 Å². The van der Waals surface area contributed by atoms with E-state index in [-0.39, 0.29) is 50.0 Å². The molecule has 1 saturated heterocycles. The Morgan fingerprint density at radius 2 is 1.81 bits per heavy atom. The second kappa shape index (κ2) is 9.53. The fraction of sp³-hybridized carbons (Fsp3) is 0.474. The van der Waals surface area contributed by atoms with Gasteiger partial charge in [-0.2, -0.15) is 10.5 Å². The van der Waals surface area contributed by atoms with Crippen molar-refractivity contribution in [2.45, 2.75) is 25.7 Å². The lowest BCUT2D eigenvalue weighted by Crippen LogP contribution is -2.38. The Morgan fingerprint density at radius 3 is 2.38 bits per heavy atom. The smallest absolute Gasteiger partial charge is 0.228 e. The molecule has 2 amide bonds. The van der Waals surface area contributed by atoms with Crippen LogP contribution in [0.15, 0.2) is 24.3 Å². The summed E-state index contributed by atoms with van der Waals surface area (Å²) in [7, 11) is 0. The minimum atomic E-state index is -0.437. The summed E-state index contributed by atoms with van der Waals surface area (Å²) in [4.78, 5) is 28.0. The molecular formula is C19H21FN4O2. The van der Waals surface area contributed by atoms with Crippen molar-refractivity contribution in [1.29, 1.82) is 10.5 Å². The molecule has 6 nitrogen and oxygen atoms in total. The summed E-state index contributed by atoms with van der Waals surface area (Å²) in [6.45, 7) is 1.37. The monoisotopic (exact) mass is 356 g/mol. The van der Waals surface area contributed by atoms with Crippen LogP contribution in [-0.2, 0) is 16.0 Å². The molecule has 0 aromatic heterocycles. The van der Waals surface area contributed by atoms with Crippen LogP contribution in [0.25, 0.3) is 0 Å². The number of hydrogen-bond donors (Lipinski definition) is 0. The predicted octanol–water partition coefficient (Wildman–Crippen LogP) is 1.87. The predicted molar refractivity (Wildman–Crippen MR) is 91.8 cm³/mol. The molecule has 1 aromatic carbocycles. The first-order valence-electron chi connectivity index (χ1n) is 8.60. The summed E-state index contributed by atoms with van der Waals surface area (Å²) in [6, 6.07) is 10.1. The number of carbonyl (C=O) groups excluding carboxylic acids is 2. The lowest BCUT2D eigenvalue weighted by atomic mass is 10.1. The molecule has 0 unspecified atom stereocenters. The van der Waals surface area contributed by atoms with Crippen LogP contribution in [0, 0.1) is 34.4 Å². The number of likely N-dealkylation sites (tertiary alicyclic amines) is 1. The van der Waals surface area contributed by atoms with Gasteiger partial charge in [0.05, 0.1) is 30.9 Å². The summed E-state index contributed by atoms with van der Waals surface area (Å²) in [5.41, 5.74) is 0.929. The van der Waals surface area contributed by atoms with Gasteiger partial charge in [0.1, 0.15) is 5.82 Å². The Kier molecular flexibility index (Phi) is 7.11. The first-order valence-corrected chi connectivity index (χ1v) is 8.60. The van der Waals surface area contributed by atoms with Gasteiger partial charge in [-0.3, -0.25) is 9.59 Å². The van der Waals surface area contributed by atoms with Crippen molar-refractivity contribution in [3.8, 4) is 12.1 Å². The number of nitriles is 2. The summed E-state index contributed by atoms with van der Waals surface area (Å²) in [5.74, 6) is -0.987. The van der Waals surface area contributed by atoms with E-state index in [1.165, 1.54) is 17.0 Å². The summed E-state index contributed by atoms with van der Waals surface area (Å²) in [5, 5.41) is 17.5. The van der Waals surface area contributed by atoms with Crippen molar-refractivity contribution in [1.82, 2.24) is 9.80 Å². The fourth-order valence-electron chi connectivity index (χ4n) is 3.03. The molecule has 2 rings (SSSR count). The second-order valence-electron chi connectivity index (χ2n) is 6.26. The van der Waals surface area contributed by atoms with Crippen LogP contribution >= 0.6 is 0 Å². The van der Waals surface area contributed by atoms with Crippen molar-refractivity contribution < 1.29 is 14.0 Å². The van der Waals surface area contributed by atoms with Crippen LogP contribution in [0.1, 0.15) is 24.8 Å². The van der Waals surface area contributed by atoms with Gasteiger partial charge in [-0.1, -0.05) is 12.1 Å². The second-order valence-corrected chi connectivity index (χ2v) is 6.26. The SMILES string of the molecule is N#CCCN(CCC#N)C(=O)[C@H]1CC(=O)N(CCc2ccc(F)cc2)C1. The molecule has 136 valence electrons. The van der Waals surface area contributed by atoms with Crippen molar-refractivity contribution in [3.05, 3.63) is 35.6 Å². The number of carbonyl (C=O) groups is 2. The summed E-state index contributed by atoms with van der Waals surface area (Å²) >= 11 is 0. The molecule has 0 spiro atoms. The Labute approximate surface area is 152 Å². The van der Waals surface area contributed by atoms with E-state index in [2.05, 4.69) is 0 Å². The number of halogens is 1. The highest BCUT2D eigenvalue weighted by Crippen LogP contribution is 2.21. The molecule has 0 N–H and O–H groups in total. The molecule has 26 heavy (non-hydrogen) atoms. The maximum absolute atomic E-state index is 12.9. The lowest BCUT2D eigenvalue weighted by molar-refractivity contribution is -0.135. The van der Waals surface area contributed by atoms with E-state index in [9.17, 15) is 14.0 Å². The topological polar surface area (TPSA) is 88.2 Å². The zero-order chi connectivity index (χ0) is 18.9. The molecule has 1 aliphatic rings. The average molecular weight is 356 g/mol.